The number of hydrogen-bond donors (Lipinski definition) is 2. The smallest absolute Gasteiger partial charge is 0.352 e. The topological polar surface area (TPSA) is 92.9 Å². The van der Waals surface area contributed by atoms with E-state index in [0.717, 1.165) is 5.56 Å². The van der Waals surface area contributed by atoms with Gasteiger partial charge in [-0.05, 0) is 34.2 Å². The maximum atomic E-state index is 11.1. The number of aromatic nitrogens is 4. The van der Waals surface area contributed by atoms with E-state index in [-0.39, 0.29) is 11.6 Å². The molecule has 0 unspecified atom stereocenters. The van der Waals surface area contributed by atoms with Crippen LogP contribution in [0.25, 0.3) is 0 Å². The lowest BCUT2D eigenvalue weighted by Crippen LogP contribution is -2.24. The number of carboxylic acid groups (broad SMARTS) is 1. The molecule has 2 heterocycles. The Hall–Kier alpha value is -2.41. The van der Waals surface area contributed by atoms with Gasteiger partial charge in [0.15, 0.2) is 0 Å². The van der Waals surface area contributed by atoms with Gasteiger partial charge in [0.25, 0.3) is 0 Å². The van der Waals surface area contributed by atoms with Crippen LogP contribution in [0.4, 0.5) is 5.95 Å². The number of benzene rings is 1. The first kappa shape index (κ1) is 11.7. The molecule has 1 aliphatic heterocycles. The molecule has 1 atom stereocenters. The van der Waals surface area contributed by atoms with Crippen molar-refractivity contribution in [1.29, 1.82) is 0 Å². The zero-order valence-electron chi connectivity index (χ0n) is 9.49. The standard InChI is InChI=1S/C11H8ClN5O2/c12-7-3-1-2-6(4-7)9-5-8(10(18)19)13-11-14-15-16-17(9)11/h1-5,9H,(H,18,19)(H,13,14,16)/t9-/m0/s1. The molecule has 0 spiro atoms. The molecule has 0 aliphatic carbocycles. The first-order valence-corrected chi connectivity index (χ1v) is 5.78. The van der Waals surface area contributed by atoms with Crippen molar-refractivity contribution in [2.24, 2.45) is 0 Å². The van der Waals surface area contributed by atoms with Gasteiger partial charge >= 0.3 is 5.97 Å². The second-order valence-corrected chi connectivity index (χ2v) is 4.39. The molecule has 3 rings (SSSR count). The summed E-state index contributed by atoms with van der Waals surface area (Å²) >= 11 is 5.95. The molecule has 19 heavy (non-hydrogen) atoms. The van der Waals surface area contributed by atoms with Crippen molar-refractivity contribution in [3.63, 3.8) is 0 Å². The van der Waals surface area contributed by atoms with E-state index in [1.54, 1.807) is 18.2 Å². The van der Waals surface area contributed by atoms with E-state index in [4.69, 9.17) is 16.7 Å². The van der Waals surface area contributed by atoms with Gasteiger partial charge in [-0.25, -0.2) is 4.79 Å². The van der Waals surface area contributed by atoms with E-state index < -0.39 is 12.0 Å². The number of nitrogens with one attached hydrogen (secondary N) is 1. The highest BCUT2D eigenvalue weighted by Crippen LogP contribution is 2.28. The molecule has 0 saturated heterocycles. The molecule has 1 aromatic heterocycles. The lowest BCUT2D eigenvalue weighted by atomic mass is 10.0. The minimum Gasteiger partial charge on any atom is -0.477 e. The van der Waals surface area contributed by atoms with Crippen molar-refractivity contribution < 1.29 is 9.90 Å². The van der Waals surface area contributed by atoms with Crippen LogP contribution in [0.2, 0.25) is 5.02 Å². The van der Waals surface area contributed by atoms with Crippen LogP contribution in [0.15, 0.2) is 36.0 Å². The third-order valence-electron chi connectivity index (χ3n) is 2.75. The van der Waals surface area contributed by atoms with Gasteiger partial charge in [0.1, 0.15) is 11.7 Å². The van der Waals surface area contributed by atoms with E-state index in [1.807, 2.05) is 6.07 Å². The molecule has 0 saturated carbocycles. The van der Waals surface area contributed by atoms with E-state index in [9.17, 15) is 4.79 Å². The summed E-state index contributed by atoms with van der Waals surface area (Å²) in [6.45, 7) is 0. The van der Waals surface area contributed by atoms with Crippen molar-refractivity contribution in [2.45, 2.75) is 6.04 Å². The summed E-state index contributed by atoms with van der Waals surface area (Å²) in [7, 11) is 0. The fourth-order valence-corrected chi connectivity index (χ4v) is 2.11. The third-order valence-corrected chi connectivity index (χ3v) is 2.98. The summed E-state index contributed by atoms with van der Waals surface area (Å²) in [6.07, 6.45) is 1.54. The van der Waals surface area contributed by atoms with Gasteiger partial charge in [0, 0.05) is 5.02 Å². The van der Waals surface area contributed by atoms with Crippen LogP contribution in [0.1, 0.15) is 11.6 Å². The molecule has 0 amide bonds. The van der Waals surface area contributed by atoms with Crippen LogP contribution < -0.4 is 5.32 Å². The Morgan fingerprint density at radius 1 is 1.47 bits per heavy atom. The monoisotopic (exact) mass is 277 g/mol. The summed E-state index contributed by atoms with van der Waals surface area (Å²) in [5.41, 5.74) is 0.841. The van der Waals surface area contributed by atoms with Crippen molar-refractivity contribution >= 4 is 23.5 Å². The molecule has 2 aromatic rings. The van der Waals surface area contributed by atoms with Crippen LogP contribution >= 0.6 is 11.6 Å². The van der Waals surface area contributed by atoms with Gasteiger partial charge in [-0.15, -0.1) is 0 Å². The lowest BCUT2D eigenvalue weighted by molar-refractivity contribution is -0.132. The van der Waals surface area contributed by atoms with Crippen LogP contribution in [0.3, 0.4) is 0 Å². The largest absolute Gasteiger partial charge is 0.477 e. The lowest BCUT2D eigenvalue weighted by Gasteiger charge is -2.21. The Kier molecular flexibility index (Phi) is 2.68. The average Bonchev–Trinajstić information content (AvgIpc) is 2.85. The minimum absolute atomic E-state index is 0.0345. The third kappa shape index (κ3) is 2.04. The van der Waals surface area contributed by atoms with E-state index >= 15 is 0 Å². The summed E-state index contributed by atoms with van der Waals surface area (Å²) in [4.78, 5) is 11.1. The van der Waals surface area contributed by atoms with Crippen molar-refractivity contribution in [3.05, 3.63) is 46.6 Å². The Balaban J connectivity index is 2.11. The Morgan fingerprint density at radius 2 is 2.32 bits per heavy atom. The fourth-order valence-electron chi connectivity index (χ4n) is 1.91. The van der Waals surface area contributed by atoms with E-state index in [2.05, 4.69) is 20.8 Å². The first-order valence-electron chi connectivity index (χ1n) is 5.40. The summed E-state index contributed by atoms with van der Waals surface area (Å²) < 4.78 is 1.50. The number of hydrogen-bond acceptors (Lipinski definition) is 5. The zero-order valence-corrected chi connectivity index (χ0v) is 10.2. The highest BCUT2D eigenvalue weighted by Gasteiger charge is 2.26. The number of fused-ring (bicyclic) bond motifs is 1. The number of carboxylic acids is 1. The molecular formula is C11H8ClN5O2. The van der Waals surface area contributed by atoms with E-state index in [1.165, 1.54) is 10.8 Å². The number of allylic oxidation sites excluding steroid dienone is 1. The minimum atomic E-state index is -1.07. The molecular weight excluding hydrogens is 270 g/mol. The first-order chi connectivity index (χ1) is 9.15. The number of anilines is 1. The maximum Gasteiger partial charge on any atom is 0.352 e. The fraction of sp³-hybridized carbons (Fsp3) is 0.0909. The van der Waals surface area contributed by atoms with Crippen LogP contribution in [-0.4, -0.2) is 31.3 Å². The Labute approximate surface area is 112 Å². The number of rotatable bonds is 2. The van der Waals surface area contributed by atoms with Crippen molar-refractivity contribution in [1.82, 2.24) is 20.2 Å². The highest BCUT2D eigenvalue weighted by atomic mass is 35.5. The Bertz CT molecular complexity index is 681. The maximum absolute atomic E-state index is 11.1. The van der Waals surface area contributed by atoms with Gasteiger partial charge in [-0.3, -0.25) is 0 Å². The molecule has 1 aromatic carbocycles. The number of nitrogens with zero attached hydrogens (tertiary/aromatic N) is 4. The van der Waals surface area contributed by atoms with Crippen LogP contribution in [0, 0.1) is 0 Å². The van der Waals surface area contributed by atoms with Gasteiger partial charge in [0.2, 0.25) is 5.95 Å². The SMILES string of the molecule is O=C(O)C1=C[C@@H](c2cccc(Cl)c2)n2nnnc2N1. The molecule has 8 heteroatoms. The number of aliphatic carboxylic acids is 1. The normalized spacial score (nSPS) is 17.3. The second-order valence-electron chi connectivity index (χ2n) is 3.96. The summed E-state index contributed by atoms with van der Waals surface area (Å²) in [5, 5.41) is 23.4. The van der Waals surface area contributed by atoms with Crippen molar-refractivity contribution in [2.75, 3.05) is 5.32 Å². The summed E-state index contributed by atoms with van der Waals surface area (Å²) in [6, 6.07) is 6.71. The predicted molar refractivity (Wildman–Crippen MR) is 66.7 cm³/mol. The molecule has 1 aliphatic rings. The quantitative estimate of drug-likeness (QED) is 0.860. The number of tetrazole rings is 1. The molecule has 0 radical (unpaired) electrons. The Morgan fingerprint density at radius 3 is 3.05 bits per heavy atom. The number of carbonyl (C=O) groups is 1. The summed E-state index contributed by atoms with van der Waals surface area (Å²) in [5.74, 6) is -0.786. The predicted octanol–water partition coefficient (Wildman–Crippen LogP) is 1.31. The van der Waals surface area contributed by atoms with Gasteiger partial charge in [0.05, 0.1) is 0 Å². The van der Waals surface area contributed by atoms with Crippen LogP contribution in [0.5, 0.6) is 0 Å². The molecule has 0 bridgehead atoms. The van der Waals surface area contributed by atoms with Gasteiger partial charge in [-0.2, -0.15) is 4.68 Å². The molecule has 96 valence electrons. The molecule has 7 nitrogen and oxygen atoms in total. The highest BCUT2D eigenvalue weighted by molar-refractivity contribution is 6.30. The van der Waals surface area contributed by atoms with Gasteiger partial charge in [-0.1, -0.05) is 28.8 Å². The zero-order chi connectivity index (χ0) is 13.4. The molecule has 0 fully saturated rings. The molecule has 2 N–H and O–H groups in total. The number of halogens is 1. The average molecular weight is 278 g/mol. The van der Waals surface area contributed by atoms with Crippen LogP contribution in [-0.2, 0) is 4.79 Å². The van der Waals surface area contributed by atoms with E-state index in [0.29, 0.717) is 5.02 Å². The van der Waals surface area contributed by atoms with Crippen molar-refractivity contribution in [3.8, 4) is 0 Å². The van der Waals surface area contributed by atoms with Gasteiger partial charge < -0.3 is 10.4 Å². The second kappa shape index (κ2) is 4.36.